The molecular formula is C18H27N3. The van der Waals surface area contributed by atoms with Crippen LogP contribution in [0.3, 0.4) is 0 Å². The molecule has 114 valence electrons. The third-order valence-corrected chi connectivity index (χ3v) is 3.85. The molecule has 0 spiro atoms. The van der Waals surface area contributed by atoms with E-state index < -0.39 is 0 Å². The fourth-order valence-electron chi connectivity index (χ4n) is 2.78. The van der Waals surface area contributed by atoms with Gasteiger partial charge < -0.3 is 9.88 Å². The molecule has 0 aliphatic carbocycles. The first kappa shape index (κ1) is 15.8. The van der Waals surface area contributed by atoms with Crippen molar-refractivity contribution in [2.24, 2.45) is 0 Å². The molecule has 1 aromatic carbocycles. The van der Waals surface area contributed by atoms with Gasteiger partial charge in [-0.1, -0.05) is 24.6 Å². The van der Waals surface area contributed by atoms with E-state index in [0.717, 1.165) is 26.1 Å². The number of nitrogens with one attached hydrogen (secondary N) is 1. The second kappa shape index (κ2) is 7.41. The molecule has 0 aliphatic heterocycles. The Hall–Kier alpha value is -1.61. The zero-order valence-corrected chi connectivity index (χ0v) is 13.7. The van der Waals surface area contributed by atoms with Crippen molar-refractivity contribution in [3.63, 3.8) is 0 Å². The van der Waals surface area contributed by atoms with Crippen LogP contribution in [0.4, 0.5) is 0 Å². The molecule has 3 nitrogen and oxygen atoms in total. The monoisotopic (exact) mass is 285 g/mol. The number of imidazole rings is 1. The predicted molar refractivity (Wildman–Crippen MR) is 88.8 cm³/mol. The summed E-state index contributed by atoms with van der Waals surface area (Å²) in [5.74, 6) is 0. The lowest BCUT2D eigenvalue weighted by Gasteiger charge is -2.11. The number of nitrogens with zero attached hydrogens (tertiary/aromatic N) is 2. The second-order valence-corrected chi connectivity index (χ2v) is 5.91. The normalized spacial score (nSPS) is 11.0. The predicted octanol–water partition coefficient (Wildman–Crippen LogP) is 3.40. The molecule has 1 N–H and O–H groups in total. The van der Waals surface area contributed by atoms with Gasteiger partial charge in [-0.25, -0.2) is 4.98 Å². The van der Waals surface area contributed by atoms with Crippen molar-refractivity contribution in [3.05, 3.63) is 52.6 Å². The van der Waals surface area contributed by atoms with Gasteiger partial charge in [-0.2, -0.15) is 0 Å². The first-order chi connectivity index (χ1) is 10.1. The van der Waals surface area contributed by atoms with Crippen LogP contribution in [-0.2, 0) is 13.0 Å². The first-order valence-corrected chi connectivity index (χ1v) is 7.88. The maximum atomic E-state index is 4.51. The van der Waals surface area contributed by atoms with Crippen molar-refractivity contribution in [3.8, 4) is 0 Å². The molecule has 0 atom stereocenters. The second-order valence-electron chi connectivity index (χ2n) is 5.91. The van der Waals surface area contributed by atoms with E-state index in [1.54, 1.807) is 0 Å². The van der Waals surface area contributed by atoms with Crippen molar-refractivity contribution in [2.75, 3.05) is 13.1 Å². The Balaban J connectivity index is 1.99. The van der Waals surface area contributed by atoms with Crippen LogP contribution in [0.2, 0.25) is 0 Å². The zero-order valence-electron chi connectivity index (χ0n) is 13.7. The SMILES string of the molecule is CCCNCCc1cn(Cc2c(C)cc(C)cc2C)cn1. The molecule has 1 aromatic heterocycles. The van der Waals surface area contributed by atoms with Crippen LogP contribution in [0, 0.1) is 20.8 Å². The van der Waals surface area contributed by atoms with Crippen LogP contribution in [-0.4, -0.2) is 22.6 Å². The Morgan fingerprint density at radius 1 is 1.10 bits per heavy atom. The van der Waals surface area contributed by atoms with Gasteiger partial charge in [0.05, 0.1) is 12.0 Å². The van der Waals surface area contributed by atoms with Gasteiger partial charge >= 0.3 is 0 Å². The minimum absolute atomic E-state index is 0.910. The lowest BCUT2D eigenvalue weighted by atomic mass is 10.00. The van der Waals surface area contributed by atoms with Crippen LogP contribution in [0.5, 0.6) is 0 Å². The maximum Gasteiger partial charge on any atom is 0.0952 e. The average Bonchev–Trinajstić information content (AvgIpc) is 2.87. The van der Waals surface area contributed by atoms with Gasteiger partial charge in [0.15, 0.2) is 0 Å². The topological polar surface area (TPSA) is 29.9 Å². The van der Waals surface area contributed by atoms with Gasteiger partial charge in [-0.05, 0) is 50.4 Å². The Morgan fingerprint density at radius 2 is 1.81 bits per heavy atom. The Kier molecular flexibility index (Phi) is 5.57. The fraction of sp³-hybridized carbons (Fsp3) is 0.500. The van der Waals surface area contributed by atoms with Gasteiger partial charge in [0.2, 0.25) is 0 Å². The first-order valence-electron chi connectivity index (χ1n) is 7.88. The van der Waals surface area contributed by atoms with Gasteiger partial charge in [-0.15, -0.1) is 0 Å². The molecule has 0 saturated carbocycles. The zero-order chi connectivity index (χ0) is 15.2. The van der Waals surface area contributed by atoms with E-state index in [1.807, 2.05) is 6.33 Å². The Bertz CT molecular complexity index is 561. The van der Waals surface area contributed by atoms with Crippen molar-refractivity contribution in [2.45, 2.75) is 47.1 Å². The number of aryl methyl sites for hydroxylation is 3. The highest BCUT2D eigenvalue weighted by Gasteiger charge is 2.06. The Morgan fingerprint density at radius 3 is 2.48 bits per heavy atom. The van der Waals surface area contributed by atoms with E-state index in [2.05, 4.69) is 60.9 Å². The van der Waals surface area contributed by atoms with Crippen LogP contribution < -0.4 is 5.32 Å². The lowest BCUT2D eigenvalue weighted by Crippen LogP contribution is -2.17. The number of hydrogen-bond acceptors (Lipinski definition) is 2. The molecule has 21 heavy (non-hydrogen) atoms. The summed E-state index contributed by atoms with van der Waals surface area (Å²) in [6, 6.07) is 4.52. The molecule has 0 unspecified atom stereocenters. The van der Waals surface area contributed by atoms with Gasteiger partial charge in [0, 0.05) is 25.7 Å². The molecule has 3 heteroatoms. The molecule has 0 radical (unpaired) electrons. The molecule has 0 fully saturated rings. The van der Waals surface area contributed by atoms with Crippen LogP contribution in [0.1, 0.15) is 41.3 Å². The van der Waals surface area contributed by atoms with Crippen LogP contribution in [0.15, 0.2) is 24.7 Å². The van der Waals surface area contributed by atoms with Crippen molar-refractivity contribution in [1.29, 1.82) is 0 Å². The minimum atomic E-state index is 0.910. The summed E-state index contributed by atoms with van der Waals surface area (Å²) in [7, 11) is 0. The summed E-state index contributed by atoms with van der Waals surface area (Å²) in [4.78, 5) is 4.51. The summed E-state index contributed by atoms with van der Waals surface area (Å²) < 4.78 is 2.19. The van der Waals surface area contributed by atoms with Crippen LogP contribution >= 0.6 is 0 Å². The number of benzene rings is 1. The molecule has 2 rings (SSSR count). The molecule has 0 aliphatic rings. The average molecular weight is 285 g/mol. The highest BCUT2D eigenvalue weighted by molar-refractivity contribution is 5.37. The third kappa shape index (κ3) is 4.43. The molecule has 2 aromatic rings. The number of hydrogen-bond donors (Lipinski definition) is 1. The van der Waals surface area contributed by atoms with Gasteiger partial charge in [0.25, 0.3) is 0 Å². The standard InChI is InChI=1S/C18H27N3/c1-5-7-19-8-6-17-11-21(13-20-17)12-18-15(3)9-14(2)10-16(18)4/h9-11,13,19H,5-8,12H2,1-4H3. The quantitative estimate of drug-likeness (QED) is 0.790. The summed E-state index contributed by atoms with van der Waals surface area (Å²) in [6.45, 7) is 11.7. The van der Waals surface area contributed by atoms with Gasteiger partial charge in [-0.3, -0.25) is 0 Å². The fourth-order valence-corrected chi connectivity index (χ4v) is 2.78. The number of aromatic nitrogens is 2. The van der Waals surface area contributed by atoms with E-state index in [4.69, 9.17) is 0 Å². The van der Waals surface area contributed by atoms with Crippen LogP contribution in [0.25, 0.3) is 0 Å². The van der Waals surface area contributed by atoms with E-state index in [1.165, 1.54) is 34.4 Å². The molecule has 1 heterocycles. The summed E-state index contributed by atoms with van der Waals surface area (Å²) in [5.41, 5.74) is 6.65. The minimum Gasteiger partial charge on any atom is -0.333 e. The van der Waals surface area contributed by atoms with E-state index in [9.17, 15) is 0 Å². The molecule has 0 saturated heterocycles. The lowest BCUT2D eigenvalue weighted by molar-refractivity contribution is 0.666. The Labute approximate surface area is 128 Å². The number of rotatable bonds is 7. The highest BCUT2D eigenvalue weighted by Crippen LogP contribution is 2.17. The van der Waals surface area contributed by atoms with Gasteiger partial charge in [0.1, 0.15) is 0 Å². The molecule has 0 amide bonds. The smallest absolute Gasteiger partial charge is 0.0952 e. The largest absolute Gasteiger partial charge is 0.333 e. The summed E-state index contributed by atoms with van der Waals surface area (Å²) in [5, 5.41) is 3.42. The van der Waals surface area contributed by atoms with E-state index >= 15 is 0 Å². The summed E-state index contributed by atoms with van der Waals surface area (Å²) >= 11 is 0. The van der Waals surface area contributed by atoms with E-state index in [-0.39, 0.29) is 0 Å². The maximum absolute atomic E-state index is 4.51. The van der Waals surface area contributed by atoms with Crippen molar-refractivity contribution in [1.82, 2.24) is 14.9 Å². The highest BCUT2D eigenvalue weighted by atomic mass is 15.0. The van der Waals surface area contributed by atoms with Crippen molar-refractivity contribution >= 4 is 0 Å². The third-order valence-electron chi connectivity index (χ3n) is 3.85. The van der Waals surface area contributed by atoms with E-state index in [0.29, 0.717) is 0 Å². The summed E-state index contributed by atoms with van der Waals surface area (Å²) in [6.07, 6.45) is 6.31. The molecule has 0 bridgehead atoms. The molecular weight excluding hydrogens is 258 g/mol. The van der Waals surface area contributed by atoms with Crippen molar-refractivity contribution < 1.29 is 0 Å².